The first-order valence-corrected chi connectivity index (χ1v) is 4.77. The number of carbonyl (C=O) groups excluding carboxylic acids is 1. The maximum atomic E-state index is 12.0. The summed E-state index contributed by atoms with van der Waals surface area (Å²) >= 11 is 0. The van der Waals surface area contributed by atoms with Crippen molar-refractivity contribution in [3.8, 4) is 0 Å². The molecule has 0 N–H and O–H groups in total. The molecule has 0 aliphatic heterocycles. The molecule has 0 saturated carbocycles. The van der Waals surface area contributed by atoms with Crippen molar-refractivity contribution >= 4 is 5.78 Å². The zero-order valence-corrected chi connectivity index (χ0v) is 8.77. The molecule has 0 fully saturated rings. The van der Waals surface area contributed by atoms with E-state index in [4.69, 9.17) is 0 Å². The molecule has 0 saturated heterocycles. The van der Waals surface area contributed by atoms with Crippen LogP contribution in [0, 0.1) is 6.92 Å². The molecule has 0 spiro atoms. The highest BCUT2D eigenvalue weighted by molar-refractivity contribution is 6.09. The lowest BCUT2D eigenvalue weighted by molar-refractivity contribution is 0.103. The van der Waals surface area contributed by atoms with Crippen molar-refractivity contribution < 1.29 is 4.79 Å². The normalized spacial score (nSPS) is 10.3. The van der Waals surface area contributed by atoms with Crippen molar-refractivity contribution in [1.29, 1.82) is 0 Å². The Morgan fingerprint density at radius 2 is 2.07 bits per heavy atom. The number of benzene rings is 1. The molecule has 1 heterocycles. The van der Waals surface area contributed by atoms with Gasteiger partial charge in [-0.3, -0.25) is 9.48 Å². The van der Waals surface area contributed by atoms with Gasteiger partial charge in [0.2, 0.25) is 0 Å². The van der Waals surface area contributed by atoms with Crippen molar-refractivity contribution in [1.82, 2.24) is 9.78 Å². The van der Waals surface area contributed by atoms with Crippen molar-refractivity contribution in [2.75, 3.05) is 0 Å². The van der Waals surface area contributed by atoms with E-state index in [2.05, 4.69) is 5.10 Å². The third-order valence-electron chi connectivity index (χ3n) is 2.36. The summed E-state index contributed by atoms with van der Waals surface area (Å²) < 4.78 is 1.63. The molecular formula is C12H12N2O. The summed E-state index contributed by atoms with van der Waals surface area (Å²) in [6, 6.07) is 7.57. The Morgan fingerprint density at radius 1 is 1.33 bits per heavy atom. The van der Waals surface area contributed by atoms with Crippen LogP contribution in [0.1, 0.15) is 21.5 Å². The number of carbonyl (C=O) groups is 1. The van der Waals surface area contributed by atoms with Gasteiger partial charge in [-0.1, -0.05) is 24.3 Å². The van der Waals surface area contributed by atoms with Gasteiger partial charge >= 0.3 is 0 Å². The van der Waals surface area contributed by atoms with Crippen LogP contribution in [0.5, 0.6) is 0 Å². The molecule has 0 unspecified atom stereocenters. The molecule has 0 aliphatic rings. The Balaban J connectivity index is 2.41. The summed E-state index contributed by atoms with van der Waals surface area (Å²) in [5.74, 6) is 0.0289. The van der Waals surface area contributed by atoms with Gasteiger partial charge in [-0.2, -0.15) is 5.10 Å². The lowest BCUT2D eigenvalue weighted by atomic mass is 10.0. The first-order chi connectivity index (χ1) is 7.18. The van der Waals surface area contributed by atoms with Crippen LogP contribution in [0.25, 0.3) is 0 Å². The van der Waals surface area contributed by atoms with Crippen LogP contribution < -0.4 is 0 Å². The van der Waals surface area contributed by atoms with Gasteiger partial charge in [0, 0.05) is 18.8 Å². The van der Waals surface area contributed by atoms with Gasteiger partial charge in [0.15, 0.2) is 5.78 Å². The van der Waals surface area contributed by atoms with Gasteiger partial charge in [-0.05, 0) is 12.5 Å². The van der Waals surface area contributed by atoms with Gasteiger partial charge in [0.25, 0.3) is 0 Å². The maximum Gasteiger partial charge on any atom is 0.196 e. The van der Waals surface area contributed by atoms with Gasteiger partial charge in [-0.25, -0.2) is 0 Å². The lowest BCUT2D eigenvalue weighted by Gasteiger charge is -2.01. The van der Waals surface area contributed by atoms with E-state index in [9.17, 15) is 4.79 Å². The molecule has 3 nitrogen and oxygen atoms in total. The molecule has 0 aliphatic carbocycles. The molecule has 3 heteroatoms. The average molecular weight is 200 g/mol. The Morgan fingerprint density at radius 3 is 2.67 bits per heavy atom. The summed E-state index contributed by atoms with van der Waals surface area (Å²) in [6.07, 6.45) is 3.32. The van der Waals surface area contributed by atoms with Crippen LogP contribution in [-0.4, -0.2) is 15.6 Å². The zero-order chi connectivity index (χ0) is 10.8. The predicted octanol–water partition coefficient (Wildman–Crippen LogP) is 1.96. The molecule has 2 aromatic rings. The van der Waals surface area contributed by atoms with Crippen LogP contribution in [0.3, 0.4) is 0 Å². The lowest BCUT2D eigenvalue weighted by Crippen LogP contribution is -2.02. The minimum Gasteiger partial charge on any atom is -0.288 e. The number of aromatic nitrogens is 2. The summed E-state index contributed by atoms with van der Waals surface area (Å²) in [5.41, 5.74) is 2.36. The fourth-order valence-corrected chi connectivity index (χ4v) is 1.52. The highest BCUT2D eigenvalue weighted by Crippen LogP contribution is 2.12. The van der Waals surface area contributed by atoms with E-state index < -0.39 is 0 Å². The van der Waals surface area contributed by atoms with E-state index in [1.165, 1.54) is 0 Å². The molecule has 0 radical (unpaired) electrons. The third kappa shape index (κ3) is 1.81. The van der Waals surface area contributed by atoms with Crippen molar-refractivity contribution in [2.45, 2.75) is 6.92 Å². The largest absolute Gasteiger partial charge is 0.288 e. The Hall–Kier alpha value is -1.90. The summed E-state index contributed by atoms with van der Waals surface area (Å²) in [5, 5.41) is 3.99. The number of ketones is 1. The predicted molar refractivity (Wildman–Crippen MR) is 57.8 cm³/mol. The van der Waals surface area contributed by atoms with Crippen LogP contribution in [0.2, 0.25) is 0 Å². The van der Waals surface area contributed by atoms with Crippen LogP contribution in [-0.2, 0) is 7.05 Å². The maximum absolute atomic E-state index is 12.0. The van der Waals surface area contributed by atoms with E-state index in [0.717, 1.165) is 11.1 Å². The topological polar surface area (TPSA) is 34.9 Å². The second kappa shape index (κ2) is 3.69. The summed E-state index contributed by atoms with van der Waals surface area (Å²) in [4.78, 5) is 12.0. The molecular weight excluding hydrogens is 188 g/mol. The van der Waals surface area contributed by atoms with Crippen LogP contribution >= 0.6 is 0 Å². The minimum atomic E-state index is 0.0289. The number of hydrogen-bond donors (Lipinski definition) is 0. The van der Waals surface area contributed by atoms with E-state index in [-0.39, 0.29) is 5.78 Å². The molecule has 15 heavy (non-hydrogen) atoms. The molecule has 1 aromatic heterocycles. The quantitative estimate of drug-likeness (QED) is 0.694. The smallest absolute Gasteiger partial charge is 0.196 e. The van der Waals surface area contributed by atoms with E-state index in [1.54, 1.807) is 24.1 Å². The monoisotopic (exact) mass is 200 g/mol. The summed E-state index contributed by atoms with van der Waals surface area (Å²) in [7, 11) is 1.80. The second-order valence-electron chi connectivity index (χ2n) is 3.55. The molecule has 0 bridgehead atoms. The number of nitrogens with zero attached hydrogens (tertiary/aromatic N) is 2. The molecule has 0 amide bonds. The first kappa shape index (κ1) is 9.65. The number of hydrogen-bond acceptors (Lipinski definition) is 2. The standard InChI is InChI=1S/C12H12N2O/c1-9-5-3-4-6-11(9)12(15)10-7-13-14(2)8-10/h3-8H,1-2H3. The SMILES string of the molecule is Cc1ccccc1C(=O)c1cnn(C)c1. The van der Waals surface area contributed by atoms with Crippen molar-refractivity contribution in [2.24, 2.45) is 7.05 Å². The molecule has 0 atom stereocenters. The number of aryl methyl sites for hydroxylation is 2. The van der Waals surface area contributed by atoms with E-state index in [0.29, 0.717) is 5.56 Å². The first-order valence-electron chi connectivity index (χ1n) is 4.77. The minimum absolute atomic E-state index is 0.0289. The van der Waals surface area contributed by atoms with E-state index in [1.807, 2.05) is 31.2 Å². The highest BCUT2D eigenvalue weighted by Gasteiger charge is 2.12. The Bertz CT molecular complexity index is 500. The molecule has 1 aromatic carbocycles. The van der Waals surface area contributed by atoms with Gasteiger partial charge < -0.3 is 0 Å². The third-order valence-corrected chi connectivity index (χ3v) is 2.36. The summed E-state index contributed by atoms with van der Waals surface area (Å²) in [6.45, 7) is 1.93. The Kier molecular flexibility index (Phi) is 2.37. The fraction of sp³-hybridized carbons (Fsp3) is 0.167. The van der Waals surface area contributed by atoms with Gasteiger partial charge in [-0.15, -0.1) is 0 Å². The number of rotatable bonds is 2. The Labute approximate surface area is 88.4 Å². The average Bonchev–Trinajstić information content (AvgIpc) is 2.65. The van der Waals surface area contributed by atoms with Crippen molar-refractivity contribution in [3.05, 3.63) is 53.3 Å². The molecule has 2 rings (SSSR count). The zero-order valence-electron chi connectivity index (χ0n) is 8.77. The highest BCUT2D eigenvalue weighted by atomic mass is 16.1. The van der Waals surface area contributed by atoms with Crippen LogP contribution in [0.15, 0.2) is 36.7 Å². The molecule has 76 valence electrons. The fourth-order valence-electron chi connectivity index (χ4n) is 1.52. The van der Waals surface area contributed by atoms with E-state index >= 15 is 0 Å². The van der Waals surface area contributed by atoms with Crippen LogP contribution in [0.4, 0.5) is 0 Å². The van der Waals surface area contributed by atoms with Gasteiger partial charge in [0.1, 0.15) is 0 Å². The second-order valence-corrected chi connectivity index (χ2v) is 3.55. The van der Waals surface area contributed by atoms with Gasteiger partial charge in [0.05, 0.1) is 11.8 Å². The van der Waals surface area contributed by atoms with Crippen molar-refractivity contribution in [3.63, 3.8) is 0 Å².